The molecule has 0 spiro atoms. The molecule has 11 heteroatoms. The van der Waals surface area contributed by atoms with Crippen LogP contribution in [0.3, 0.4) is 0 Å². The molecule has 1 fully saturated rings. The maximum absolute atomic E-state index is 15.4. The van der Waals surface area contributed by atoms with Crippen LogP contribution < -0.4 is 11.1 Å². The summed E-state index contributed by atoms with van der Waals surface area (Å²) in [4.78, 5) is 24.3. The number of hydrogen-bond donors (Lipinski definition) is 3. The van der Waals surface area contributed by atoms with Crippen molar-refractivity contribution < 1.29 is 23.8 Å². The number of hydrogen-bond acceptors (Lipinski definition) is 9. The Labute approximate surface area is 161 Å². The number of imidazole rings is 1. The fraction of sp³-hybridized carbons (Fsp3) is 0.647. The van der Waals surface area contributed by atoms with Crippen LogP contribution in [0, 0.1) is 5.41 Å². The minimum Gasteiger partial charge on any atom is -0.462 e. The highest BCUT2D eigenvalue weighted by Crippen LogP contribution is 2.42. The highest BCUT2D eigenvalue weighted by Gasteiger charge is 2.55. The molecule has 0 bridgehead atoms. The number of aliphatic hydroxyl groups excluding tert-OH is 1. The quantitative estimate of drug-likeness (QED) is 0.647. The first-order chi connectivity index (χ1) is 13.0. The molecule has 4 N–H and O–H groups in total. The number of alkyl halides is 1. The molecule has 0 aromatic carbocycles. The molecule has 28 heavy (non-hydrogen) atoms. The maximum Gasteiger partial charge on any atom is 0.311 e. The number of halogens is 1. The summed E-state index contributed by atoms with van der Waals surface area (Å²) in [6.45, 7) is 6.03. The van der Waals surface area contributed by atoms with E-state index in [1.807, 2.05) is 0 Å². The Kier molecular flexibility index (Phi) is 4.92. The van der Waals surface area contributed by atoms with Gasteiger partial charge >= 0.3 is 5.97 Å². The van der Waals surface area contributed by atoms with E-state index < -0.39 is 35.5 Å². The number of nitrogens with two attached hydrogens (primary N) is 1. The first-order valence-electron chi connectivity index (χ1n) is 8.84. The SMILES string of the molecule is CNc1nc(N)nc2c1ncn2[C@@H]1O[C@H](COC(=O)C(C)(C)C)[C@@H](O)[C@@]1(C)F. The van der Waals surface area contributed by atoms with Crippen LogP contribution in [0.15, 0.2) is 6.33 Å². The molecule has 0 saturated carbocycles. The monoisotopic (exact) mass is 396 g/mol. The summed E-state index contributed by atoms with van der Waals surface area (Å²) >= 11 is 0. The van der Waals surface area contributed by atoms with Crippen molar-refractivity contribution in [3.8, 4) is 0 Å². The average Bonchev–Trinajstić information content (AvgIpc) is 3.11. The summed E-state index contributed by atoms with van der Waals surface area (Å²) < 4.78 is 27.7. The molecule has 3 heterocycles. The van der Waals surface area contributed by atoms with Gasteiger partial charge < -0.3 is 25.6 Å². The van der Waals surface area contributed by atoms with Crippen LogP contribution in [-0.2, 0) is 14.3 Å². The van der Waals surface area contributed by atoms with Crippen molar-refractivity contribution in [3.63, 3.8) is 0 Å². The number of aliphatic hydroxyl groups is 1. The molecule has 1 aliphatic rings. The van der Waals surface area contributed by atoms with Crippen molar-refractivity contribution in [1.82, 2.24) is 19.5 Å². The van der Waals surface area contributed by atoms with E-state index in [1.54, 1.807) is 27.8 Å². The molecule has 0 unspecified atom stereocenters. The molecule has 1 saturated heterocycles. The van der Waals surface area contributed by atoms with Gasteiger partial charge in [-0.15, -0.1) is 0 Å². The van der Waals surface area contributed by atoms with Crippen molar-refractivity contribution in [1.29, 1.82) is 0 Å². The number of nitrogen functional groups attached to an aromatic ring is 1. The van der Waals surface area contributed by atoms with Gasteiger partial charge in [0.2, 0.25) is 5.95 Å². The standard InChI is InChI=1S/C17H25FN6O4/c1-16(2,3)14(26)27-6-8-10(25)17(4,18)13(28-8)24-7-21-9-11(20-5)22-15(19)23-12(9)24/h7-8,10,13,25H,6H2,1-5H3,(H3,19,20,22,23)/t8-,10-,13-,17-/m1/s1. The van der Waals surface area contributed by atoms with E-state index in [2.05, 4.69) is 20.3 Å². The number of nitrogens with one attached hydrogen (secondary N) is 1. The molecule has 0 amide bonds. The summed E-state index contributed by atoms with van der Waals surface area (Å²) in [6, 6.07) is 0. The van der Waals surface area contributed by atoms with Crippen LogP contribution in [0.1, 0.15) is 33.9 Å². The van der Waals surface area contributed by atoms with Gasteiger partial charge in [-0.3, -0.25) is 9.36 Å². The zero-order valence-electron chi connectivity index (χ0n) is 16.4. The molecule has 0 radical (unpaired) electrons. The molecular formula is C17H25FN6O4. The summed E-state index contributed by atoms with van der Waals surface area (Å²) in [5.74, 6) is -0.107. The molecule has 0 aliphatic carbocycles. The van der Waals surface area contributed by atoms with Crippen molar-refractivity contribution in [2.45, 2.75) is 51.8 Å². The van der Waals surface area contributed by atoms with Gasteiger partial charge in [0.1, 0.15) is 18.8 Å². The minimum absolute atomic E-state index is 0.0200. The second kappa shape index (κ2) is 6.82. The Morgan fingerprint density at radius 1 is 1.50 bits per heavy atom. The first kappa shape index (κ1) is 20.2. The lowest BCUT2D eigenvalue weighted by molar-refractivity contribution is -0.159. The summed E-state index contributed by atoms with van der Waals surface area (Å²) in [5.41, 5.74) is 3.45. The van der Waals surface area contributed by atoms with Crippen LogP contribution in [0.4, 0.5) is 16.2 Å². The van der Waals surface area contributed by atoms with E-state index in [1.165, 1.54) is 17.8 Å². The third-order valence-corrected chi connectivity index (χ3v) is 4.64. The number of fused-ring (bicyclic) bond motifs is 1. The Hall–Kier alpha value is -2.53. The predicted octanol–water partition coefficient (Wildman–Crippen LogP) is 1.03. The van der Waals surface area contributed by atoms with Crippen molar-refractivity contribution >= 4 is 28.9 Å². The number of nitrogens with zero attached hydrogens (tertiary/aromatic N) is 4. The predicted molar refractivity (Wildman–Crippen MR) is 99.1 cm³/mol. The van der Waals surface area contributed by atoms with Crippen molar-refractivity contribution in [2.75, 3.05) is 24.7 Å². The number of rotatable bonds is 4. The number of ether oxygens (including phenoxy) is 2. The normalized spacial score (nSPS) is 27.9. The number of carbonyl (C=O) groups excluding carboxylic acids is 1. The van der Waals surface area contributed by atoms with Gasteiger partial charge in [-0.2, -0.15) is 9.97 Å². The van der Waals surface area contributed by atoms with Gasteiger partial charge in [-0.05, 0) is 27.7 Å². The highest BCUT2D eigenvalue weighted by atomic mass is 19.1. The van der Waals surface area contributed by atoms with E-state index in [0.717, 1.165) is 0 Å². The van der Waals surface area contributed by atoms with E-state index in [4.69, 9.17) is 15.2 Å². The van der Waals surface area contributed by atoms with Gasteiger partial charge in [-0.25, -0.2) is 9.37 Å². The van der Waals surface area contributed by atoms with Crippen LogP contribution in [0.25, 0.3) is 11.2 Å². The molecule has 2 aromatic heterocycles. The average molecular weight is 396 g/mol. The molecule has 4 atom stereocenters. The summed E-state index contributed by atoms with van der Waals surface area (Å²) in [6.07, 6.45) is -2.47. The third-order valence-electron chi connectivity index (χ3n) is 4.64. The fourth-order valence-corrected chi connectivity index (χ4v) is 3.00. The smallest absolute Gasteiger partial charge is 0.311 e. The Balaban J connectivity index is 1.90. The summed E-state index contributed by atoms with van der Waals surface area (Å²) in [7, 11) is 1.65. The van der Waals surface area contributed by atoms with E-state index >= 15 is 4.39 Å². The highest BCUT2D eigenvalue weighted by molar-refractivity contribution is 5.84. The zero-order valence-corrected chi connectivity index (χ0v) is 16.4. The van der Waals surface area contributed by atoms with Crippen molar-refractivity contribution in [3.05, 3.63) is 6.33 Å². The molecule has 1 aliphatic heterocycles. The summed E-state index contributed by atoms with van der Waals surface area (Å²) in [5, 5.41) is 13.3. The lowest BCUT2D eigenvalue weighted by Crippen LogP contribution is -2.41. The number of anilines is 2. The number of aromatic nitrogens is 4. The van der Waals surface area contributed by atoms with Gasteiger partial charge in [-0.1, -0.05) is 0 Å². The second-order valence-electron chi connectivity index (χ2n) is 7.98. The van der Waals surface area contributed by atoms with Gasteiger partial charge in [0.25, 0.3) is 0 Å². The van der Waals surface area contributed by atoms with Gasteiger partial charge in [0, 0.05) is 7.05 Å². The van der Waals surface area contributed by atoms with E-state index in [9.17, 15) is 9.90 Å². The van der Waals surface area contributed by atoms with E-state index in [-0.39, 0.29) is 18.2 Å². The number of esters is 1. The minimum atomic E-state index is -2.19. The van der Waals surface area contributed by atoms with Crippen LogP contribution >= 0.6 is 0 Å². The van der Waals surface area contributed by atoms with Crippen LogP contribution in [0.5, 0.6) is 0 Å². The van der Waals surface area contributed by atoms with Crippen molar-refractivity contribution in [2.24, 2.45) is 5.41 Å². The zero-order chi connectivity index (χ0) is 20.9. The van der Waals surface area contributed by atoms with Gasteiger partial charge in [0.05, 0.1) is 11.7 Å². The van der Waals surface area contributed by atoms with E-state index in [0.29, 0.717) is 11.3 Å². The van der Waals surface area contributed by atoms with Crippen LogP contribution in [-0.4, -0.2) is 62.1 Å². The molecule has 154 valence electrons. The second-order valence-corrected chi connectivity index (χ2v) is 7.98. The third kappa shape index (κ3) is 3.35. The number of carbonyl (C=O) groups is 1. The Bertz CT molecular complexity index is 894. The Morgan fingerprint density at radius 3 is 2.79 bits per heavy atom. The molecule has 10 nitrogen and oxygen atoms in total. The lowest BCUT2D eigenvalue weighted by atomic mass is 9.97. The largest absolute Gasteiger partial charge is 0.462 e. The molecular weight excluding hydrogens is 371 g/mol. The molecule has 2 aromatic rings. The lowest BCUT2D eigenvalue weighted by Gasteiger charge is -2.24. The maximum atomic E-state index is 15.4. The Morgan fingerprint density at radius 2 is 2.18 bits per heavy atom. The fourth-order valence-electron chi connectivity index (χ4n) is 3.00. The topological polar surface area (TPSA) is 137 Å². The molecule has 3 rings (SSSR count). The van der Waals surface area contributed by atoms with Crippen LogP contribution in [0.2, 0.25) is 0 Å². The first-order valence-corrected chi connectivity index (χ1v) is 8.84. The van der Waals surface area contributed by atoms with Gasteiger partial charge in [0.15, 0.2) is 28.9 Å².